The molecular weight excluding hydrogens is 616 g/mol. The Bertz CT molecular complexity index is 1710. The van der Waals surface area contributed by atoms with Crippen molar-refractivity contribution in [3.05, 3.63) is 71.9 Å². The SMILES string of the molecule is O=C(CC1CN(S(=O)(=O)c2cc3ccc(Cl)cc3s2)CCN1C(=O)c1ncc(-c2ccccn2)cn1)N1CCSCC1. The van der Waals surface area contributed by atoms with Gasteiger partial charge in [-0.15, -0.1) is 11.3 Å². The van der Waals surface area contributed by atoms with Crippen molar-refractivity contribution in [3.63, 3.8) is 0 Å². The second-order valence-electron chi connectivity index (χ2n) is 9.97. The maximum atomic E-state index is 13.8. The molecule has 1 atom stereocenters. The number of sulfonamides is 1. The number of benzene rings is 1. The van der Waals surface area contributed by atoms with E-state index in [1.54, 1.807) is 64.4 Å². The Morgan fingerprint density at radius 3 is 2.50 bits per heavy atom. The highest BCUT2D eigenvalue weighted by Gasteiger charge is 2.39. The number of halogens is 1. The van der Waals surface area contributed by atoms with Crippen LogP contribution < -0.4 is 0 Å². The molecule has 14 heteroatoms. The molecule has 218 valence electrons. The number of carbonyl (C=O) groups is 2. The molecule has 1 unspecified atom stereocenters. The van der Waals surface area contributed by atoms with Gasteiger partial charge in [0.1, 0.15) is 4.21 Å². The fraction of sp³-hybridized carbons (Fsp3) is 0.321. The smallest absolute Gasteiger partial charge is 0.292 e. The van der Waals surface area contributed by atoms with Crippen LogP contribution in [0.4, 0.5) is 0 Å². The summed E-state index contributed by atoms with van der Waals surface area (Å²) < 4.78 is 29.9. The van der Waals surface area contributed by atoms with Gasteiger partial charge in [-0.1, -0.05) is 23.7 Å². The molecular formula is C28H27ClN6O4S3. The van der Waals surface area contributed by atoms with Crippen LogP contribution in [0.3, 0.4) is 0 Å². The Kier molecular flexibility index (Phi) is 8.46. The van der Waals surface area contributed by atoms with E-state index in [0.29, 0.717) is 29.4 Å². The summed E-state index contributed by atoms with van der Waals surface area (Å²) in [5.74, 6) is 1.15. The van der Waals surface area contributed by atoms with Crippen LogP contribution >= 0.6 is 34.7 Å². The first kappa shape index (κ1) is 29.0. The zero-order valence-electron chi connectivity index (χ0n) is 22.4. The van der Waals surface area contributed by atoms with E-state index in [1.165, 1.54) is 4.31 Å². The molecule has 42 heavy (non-hydrogen) atoms. The summed E-state index contributed by atoms with van der Waals surface area (Å²) in [6.45, 7) is 1.45. The van der Waals surface area contributed by atoms with E-state index in [9.17, 15) is 18.0 Å². The van der Waals surface area contributed by atoms with Crippen molar-refractivity contribution in [1.82, 2.24) is 29.1 Å². The van der Waals surface area contributed by atoms with Crippen LogP contribution in [0.25, 0.3) is 21.3 Å². The summed E-state index contributed by atoms with van der Waals surface area (Å²) in [7, 11) is -3.88. The van der Waals surface area contributed by atoms with Crippen molar-refractivity contribution in [3.8, 4) is 11.3 Å². The number of fused-ring (bicyclic) bond motifs is 1. The number of aromatic nitrogens is 3. The van der Waals surface area contributed by atoms with Gasteiger partial charge < -0.3 is 9.80 Å². The average Bonchev–Trinajstić information content (AvgIpc) is 3.46. The lowest BCUT2D eigenvalue weighted by Crippen LogP contribution is -2.58. The fourth-order valence-electron chi connectivity index (χ4n) is 5.10. The van der Waals surface area contributed by atoms with Gasteiger partial charge in [-0.2, -0.15) is 16.1 Å². The lowest BCUT2D eigenvalue weighted by molar-refractivity contribution is -0.132. The molecule has 10 nitrogen and oxygen atoms in total. The lowest BCUT2D eigenvalue weighted by atomic mass is 10.1. The minimum Gasteiger partial charge on any atom is -0.341 e. The van der Waals surface area contributed by atoms with Crippen molar-refractivity contribution < 1.29 is 18.0 Å². The average molecular weight is 643 g/mol. The molecule has 0 spiro atoms. The molecule has 2 aliphatic rings. The minimum absolute atomic E-state index is 0.0104. The summed E-state index contributed by atoms with van der Waals surface area (Å²) in [5.41, 5.74) is 1.35. The predicted molar refractivity (Wildman–Crippen MR) is 164 cm³/mol. The number of nitrogens with zero attached hydrogens (tertiary/aromatic N) is 6. The number of piperazine rings is 1. The van der Waals surface area contributed by atoms with Crippen molar-refractivity contribution in [2.45, 2.75) is 16.7 Å². The molecule has 6 rings (SSSR count). The van der Waals surface area contributed by atoms with Crippen molar-refractivity contribution in [2.24, 2.45) is 0 Å². The van der Waals surface area contributed by atoms with Gasteiger partial charge in [-0.25, -0.2) is 18.4 Å². The Balaban J connectivity index is 1.25. The van der Waals surface area contributed by atoms with E-state index in [4.69, 9.17) is 11.6 Å². The van der Waals surface area contributed by atoms with Crippen LogP contribution in [-0.2, 0) is 14.8 Å². The van der Waals surface area contributed by atoms with E-state index < -0.39 is 22.0 Å². The molecule has 2 fully saturated rings. The van der Waals surface area contributed by atoms with Crippen LogP contribution in [0.2, 0.25) is 5.02 Å². The topological polar surface area (TPSA) is 117 Å². The zero-order valence-corrected chi connectivity index (χ0v) is 25.6. The first-order chi connectivity index (χ1) is 20.3. The molecule has 0 saturated carbocycles. The van der Waals surface area contributed by atoms with Crippen LogP contribution in [0.1, 0.15) is 17.0 Å². The molecule has 3 aromatic heterocycles. The first-order valence-electron chi connectivity index (χ1n) is 13.4. The number of hydrogen-bond donors (Lipinski definition) is 0. The zero-order chi connectivity index (χ0) is 29.3. The number of amides is 2. The monoisotopic (exact) mass is 642 g/mol. The number of thiophene rings is 1. The van der Waals surface area contributed by atoms with Gasteiger partial charge in [0.25, 0.3) is 15.9 Å². The highest BCUT2D eigenvalue weighted by Crippen LogP contribution is 2.34. The van der Waals surface area contributed by atoms with Gasteiger partial charge in [-0.3, -0.25) is 14.6 Å². The Labute approximate surface area is 256 Å². The maximum absolute atomic E-state index is 13.8. The summed E-state index contributed by atoms with van der Waals surface area (Å²) in [6, 6.07) is 11.7. The normalized spacial score (nSPS) is 18.4. The molecule has 0 aliphatic carbocycles. The van der Waals surface area contributed by atoms with Gasteiger partial charge in [0, 0.05) is 84.5 Å². The molecule has 2 amide bonds. The molecule has 0 radical (unpaired) electrons. The Hall–Kier alpha value is -3.10. The third kappa shape index (κ3) is 6.02. The summed E-state index contributed by atoms with van der Waals surface area (Å²) in [6.07, 6.45) is 4.76. The number of pyridine rings is 1. The van der Waals surface area contributed by atoms with E-state index in [1.807, 2.05) is 18.2 Å². The standard InChI is InChI=1S/C28H27ClN6O4S3/c29-21-5-4-19-13-26(41-24(19)14-21)42(38,39)34-7-8-35(22(18-34)15-25(36)33-9-11-40-12-10-33)28(37)27-31-16-20(17-32-27)23-3-1-2-6-30-23/h1-6,13-14,16-17,22H,7-12,15,18H2. The van der Waals surface area contributed by atoms with Gasteiger partial charge in [0.15, 0.2) is 0 Å². The molecule has 4 aromatic rings. The van der Waals surface area contributed by atoms with Crippen LogP contribution in [0, 0.1) is 0 Å². The largest absolute Gasteiger partial charge is 0.341 e. The van der Waals surface area contributed by atoms with Crippen LogP contribution in [0.5, 0.6) is 0 Å². The maximum Gasteiger partial charge on any atom is 0.292 e. The van der Waals surface area contributed by atoms with Gasteiger partial charge in [0.2, 0.25) is 11.7 Å². The van der Waals surface area contributed by atoms with Crippen molar-refractivity contribution in [1.29, 1.82) is 0 Å². The van der Waals surface area contributed by atoms with Crippen LogP contribution in [0.15, 0.2) is 65.3 Å². The second-order valence-corrected chi connectivity index (χ2v) is 14.9. The quantitative estimate of drug-likeness (QED) is 0.311. The summed E-state index contributed by atoms with van der Waals surface area (Å²) >= 11 is 9.07. The third-order valence-electron chi connectivity index (χ3n) is 7.34. The van der Waals surface area contributed by atoms with Crippen molar-refractivity contribution in [2.75, 3.05) is 44.2 Å². The number of thioether (sulfide) groups is 1. The summed E-state index contributed by atoms with van der Waals surface area (Å²) in [4.78, 5) is 43.2. The molecule has 2 saturated heterocycles. The first-order valence-corrected chi connectivity index (χ1v) is 17.2. The molecule has 5 heterocycles. The molecule has 1 aromatic carbocycles. The number of rotatable bonds is 6. The Morgan fingerprint density at radius 2 is 1.76 bits per heavy atom. The number of hydrogen-bond acceptors (Lipinski definition) is 9. The fourth-order valence-corrected chi connectivity index (χ4v) is 9.30. The van der Waals surface area contributed by atoms with Crippen molar-refractivity contribution >= 4 is 66.6 Å². The van der Waals surface area contributed by atoms with Gasteiger partial charge in [0.05, 0.1) is 11.7 Å². The van der Waals surface area contributed by atoms with E-state index in [-0.39, 0.29) is 42.0 Å². The highest BCUT2D eigenvalue weighted by molar-refractivity contribution is 7.99. The molecule has 0 N–H and O–H groups in total. The van der Waals surface area contributed by atoms with Gasteiger partial charge >= 0.3 is 0 Å². The summed E-state index contributed by atoms with van der Waals surface area (Å²) in [5, 5.41) is 1.32. The van der Waals surface area contributed by atoms with Gasteiger partial charge in [-0.05, 0) is 35.7 Å². The Morgan fingerprint density at radius 1 is 0.976 bits per heavy atom. The van der Waals surface area contributed by atoms with E-state index in [0.717, 1.165) is 32.9 Å². The molecule has 0 bridgehead atoms. The molecule has 2 aliphatic heterocycles. The third-order valence-corrected chi connectivity index (χ3v) is 11.9. The second kappa shape index (κ2) is 12.3. The number of carbonyl (C=O) groups excluding carboxylic acids is 2. The van der Waals surface area contributed by atoms with E-state index >= 15 is 0 Å². The minimum atomic E-state index is -3.88. The predicted octanol–water partition coefficient (Wildman–Crippen LogP) is 3.89. The van der Waals surface area contributed by atoms with E-state index in [2.05, 4.69) is 15.0 Å². The van der Waals surface area contributed by atoms with Crippen LogP contribution in [-0.4, -0.2) is 99.6 Å². The lowest BCUT2D eigenvalue weighted by Gasteiger charge is -2.41. The highest BCUT2D eigenvalue weighted by atomic mass is 35.5.